The fourth-order valence-corrected chi connectivity index (χ4v) is 2.24. The van der Waals surface area contributed by atoms with Crippen LogP contribution in [0.5, 0.6) is 0 Å². The highest BCUT2D eigenvalue weighted by Gasteiger charge is 2.77. The van der Waals surface area contributed by atoms with Crippen LogP contribution < -0.4 is 0 Å². The number of nitriles is 2. The van der Waals surface area contributed by atoms with E-state index in [1.165, 1.54) is 13.8 Å². The van der Waals surface area contributed by atoms with Crippen molar-refractivity contribution in [3.8, 4) is 12.1 Å². The third-order valence-corrected chi connectivity index (χ3v) is 3.78. The molecule has 0 aromatic carbocycles. The maximum atomic E-state index is 11.1. The molecule has 6 nitrogen and oxygen atoms in total. The molecule has 2 N–H and O–H groups in total. The third kappa shape index (κ3) is 0.892. The molecule has 0 aliphatic heterocycles. The average molecular weight is 222 g/mol. The van der Waals surface area contributed by atoms with Gasteiger partial charge in [0.25, 0.3) is 0 Å². The van der Waals surface area contributed by atoms with E-state index in [4.69, 9.17) is 20.7 Å². The minimum atomic E-state index is -1.80. The molecule has 0 spiro atoms. The van der Waals surface area contributed by atoms with Gasteiger partial charge in [-0.05, 0) is 0 Å². The molecule has 0 bridgehead atoms. The van der Waals surface area contributed by atoms with E-state index in [1.807, 2.05) is 0 Å². The summed E-state index contributed by atoms with van der Waals surface area (Å²) >= 11 is 0. The van der Waals surface area contributed by atoms with Crippen LogP contribution in [0, 0.1) is 38.9 Å². The van der Waals surface area contributed by atoms with Crippen LogP contribution in [-0.4, -0.2) is 22.2 Å². The molecular formula is C10H10N2O4. The van der Waals surface area contributed by atoms with Gasteiger partial charge < -0.3 is 10.2 Å². The lowest BCUT2D eigenvalue weighted by Gasteiger charge is -2.57. The summed E-state index contributed by atoms with van der Waals surface area (Å²) in [6.45, 7) is 2.65. The van der Waals surface area contributed by atoms with Gasteiger partial charge in [-0.2, -0.15) is 10.5 Å². The van der Waals surface area contributed by atoms with Gasteiger partial charge in [0.15, 0.2) is 10.8 Å². The highest BCUT2D eigenvalue weighted by molar-refractivity contribution is 5.90. The van der Waals surface area contributed by atoms with Crippen LogP contribution in [-0.2, 0) is 9.59 Å². The first kappa shape index (κ1) is 12.0. The van der Waals surface area contributed by atoms with Gasteiger partial charge in [-0.15, -0.1) is 0 Å². The summed E-state index contributed by atoms with van der Waals surface area (Å²) in [5.41, 5.74) is -5.04. The number of aliphatic carboxylic acids is 2. The highest BCUT2D eigenvalue weighted by Crippen LogP contribution is 2.67. The van der Waals surface area contributed by atoms with Gasteiger partial charge in [-0.25, -0.2) is 0 Å². The Morgan fingerprint density at radius 1 is 1.06 bits per heavy atom. The number of rotatable bonds is 2. The van der Waals surface area contributed by atoms with Crippen molar-refractivity contribution in [2.75, 3.05) is 0 Å². The molecule has 2 unspecified atom stereocenters. The van der Waals surface area contributed by atoms with Crippen molar-refractivity contribution in [1.29, 1.82) is 10.5 Å². The molecule has 84 valence electrons. The Morgan fingerprint density at radius 3 is 1.50 bits per heavy atom. The predicted molar refractivity (Wildman–Crippen MR) is 49.8 cm³/mol. The van der Waals surface area contributed by atoms with Gasteiger partial charge in [0, 0.05) is 11.8 Å². The van der Waals surface area contributed by atoms with Gasteiger partial charge in [0.05, 0.1) is 12.1 Å². The second kappa shape index (κ2) is 2.96. The van der Waals surface area contributed by atoms with Gasteiger partial charge in [-0.1, -0.05) is 13.8 Å². The van der Waals surface area contributed by atoms with Crippen LogP contribution >= 0.6 is 0 Å². The van der Waals surface area contributed by atoms with E-state index >= 15 is 0 Å². The standard InChI is InChI=1S/C10H10N2O4/c1-8(2)9(4-11,6(13)14)3-10(8,5-12)7(15)16/h3H2,1-2H3,(H,13,14)(H,15,16). The summed E-state index contributed by atoms with van der Waals surface area (Å²) < 4.78 is 0. The summed E-state index contributed by atoms with van der Waals surface area (Å²) in [6.07, 6.45) is -0.481. The molecule has 6 heteroatoms. The van der Waals surface area contributed by atoms with Crippen molar-refractivity contribution in [3.05, 3.63) is 0 Å². The van der Waals surface area contributed by atoms with Crippen LogP contribution in [0.25, 0.3) is 0 Å². The van der Waals surface area contributed by atoms with Crippen LogP contribution in [0.1, 0.15) is 20.3 Å². The average Bonchev–Trinajstić information content (AvgIpc) is 2.17. The van der Waals surface area contributed by atoms with Gasteiger partial charge in [-0.3, -0.25) is 9.59 Å². The van der Waals surface area contributed by atoms with E-state index in [0.717, 1.165) is 0 Å². The lowest BCUT2D eigenvalue weighted by Crippen LogP contribution is -2.68. The molecule has 1 aliphatic carbocycles. The first-order valence-corrected chi connectivity index (χ1v) is 4.51. The van der Waals surface area contributed by atoms with Crippen LogP contribution in [0.2, 0.25) is 0 Å². The topological polar surface area (TPSA) is 122 Å². The predicted octanol–water partition coefficient (Wildman–Crippen LogP) is 0.605. The smallest absolute Gasteiger partial charge is 0.324 e. The van der Waals surface area contributed by atoms with Gasteiger partial charge in [0.1, 0.15) is 0 Å². The summed E-state index contributed by atoms with van der Waals surface area (Å²) in [7, 11) is 0. The monoisotopic (exact) mass is 222 g/mol. The van der Waals surface area contributed by atoms with Crippen molar-refractivity contribution in [2.45, 2.75) is 20.3 Å². The van der Waals surface area contributed by atoms with Crippen molar-refractivity contribution in [3.63, 3.8) is 0 Å². The SMILES string of the molecule is CC1(C)C(C#N)(C(=O)O)CC1(C#N)C(=O)O. The minimum absolute atomic E-state index is 0.481. The van der Waals surface area contributed by atoms with E-state index in [1.54, 1.807) is 12.1 Å². The molecule has 1 rings (SSSR count). The zero-order valence-corrected chi connectivity index (χ0v) is 8.81. The van der Waals surface area contributed by atoms with Crippen molar-refractivity contribution >= 4 is 11.9 Å². The molecular weight excluding hydrogens is 212 g/mol. The number of carboxylic acid groups (broad SMARTS) is 2. The molecule has 2 atom stereocenters. The largest absolute Gasteiger partial charge is 0.480 e. The Morgan fingerprint density at radius 2 is 1.38 bits per heavy atom. The number of nitrogens with zero attached hydrogens (tertiary/aromatic N) is 2. The van der Waals surface area contributed by atoms with Crippen molar-refractivity contribution < 1.29 is 19.8 Å². The Labute approximate surface area is 91.7 Å². The summed E-state index contributed by atoms with van der Waals surface area (Å²) in [5, 5.41) is 35.8. The van der Waals surface area contributed by atoms with E-state index in [-0.39, 0.29) is 0 Å². The van der Waals surface area contributed by atoms with E-state index < -0.39 is 34.6 Å². The lowest BCUT2D eigenvalue weighted by atomic mass is 9.38. The molecule has 1 saturated carbocycles. The van der Waals surface area contributed by atoms with E-state index in [2.05, 4.69) is 0 Å². The van der Waals surface area contributed by atoms with Gasteiger partial charge >= 0.3 is 11.9 Å². The highest BCUT2D eigenvalue weighted by atomic mass is 16.4. The number of hydrogen-bond acceptors (Lipinski definition) is 4. The molecule has 0 aromatic rings. The minimum Gasteiger partial charge on any atom is -0.480 e. The molecule has 1 fully saturated rings. The molecule has 0 saturated heterocycles. The summed E-state index contributed by atoms with van der Waals surface area (Å²) in [5.74, 6) is -2.76. The maximum absolute atomic E-state index is 11.1. The van der Waals surface area contributed by atoms with E-state index in [0.29, 0.717) is 0 Å². The number of hydrogen-bond donors (Lipinski definition) is 2. The lowest BCUT2D eigenvalue weighted by molar-refractivity contribution is -0.198. The Kier molecular flexibility index (Phi) is 2.22. The fourth-order valence-electron chi connectivity index (χ4n) is 2.24. The first-order chi connectivity index (χ1) is 7.22. The summed E-state index contributed by atoms with van der Waals surface area (Å²) in [6, 6.07) is 3.27. The normalized spacial score (nSPS) is 35.2. The molecule has 16 heavy (non-hydrogen) atoms. The zero-order valence-electron chi connectivity index (χ0n) is 8.81. The van der Waals surface area contributed by atoms with Crippen LogP contribution in [0.15, 0.2) is 0 Å². The third-order valence-electron chi connectivity index (χ3n) is 3.78. The van der Waals surface area contributed by atoms with Crippen LogP contribution in [0.3, 0.4) is 0 Å². The number of carboxylic acids is 2. The molecule has 1 aliphatic rings. The quantitative estimate of drug-likeness (QED) is 0.705. The van der Waals surface area contributed by atoms with Gasteiger partial charge in [0.2, 0.25) is 0 Å². The molecule has 0 radical (unpaired) electrons. The molecule has 0 heterocycles. The first-order valence-electron chi connectivity index (χ1n) is 4.51. The molecule has 0 amide bonds. The zero-order chi connectivity index (χ0) is 12.8. The molecule has 0 aromatic heterocycles. The second-order valence-electron chi connectivity index (χ2n) is 4.45. The number of carbonyl (C=O) groups is 2. The fraction of sp³-hybridized carbons (Fsp3) is 0.600. The van der Waals surface area contributed by atoms with Crippen LogP contribution in [0.4, 0.5) is 0 Å². The van der Waals surface area contributed by atoms with E-state index in [9.17, 15) is 9.59 Å². The van der Waals surface area contributed by atoms with Crippen molar-refractivity contribution in [1.82, 2.24) is 0 Å². The Hall–Kier alpha value is -2.08. The second-order valence-corrected chi connectivity index (χ2v) is 4.45. The summed E-state index contributed by atoms with van der Waals surface area (Å²) in [4.78, 5) is 22.1. The van der Waals surface area contributed by atoms with Crippen molar-refractivity contribution in [2.24, 2.45) is 16.2 Å². The Balaban J connectivity index is 3.36. The Bertz CT molecular complexity index is 416. The maximum Gasteiger partial charge on any atom is 0.324 e.